The molecule has 2 N–H and O–H groups in total. The van der Waals surface area contributed by atoms with Gasteiger partial charge in [0.2, 0.25) is 5.91 Å². The molecule has 0 bridgehead atoms. The Balaban J connectivity index is 1.94. The first-order chi connectivity index (χ1) is 7.83. The van der Waals surface area contributed by atoms with Gasteiger partial charge in [-0.25, -0.2) is 0 Å². The minimum absolute atomic E-state index is 0.191. The highest BCUT2D eigenvalue weighted by molar-refractivity contribution is 5.75. The average Bonchev–Trinajstić information content (AvgIpc) is 2.31. The fourth-order valence-electron chi connectivity index (χ4n) is 2.36. The molecule has 16 heavy (non-hydrogen) atoms. The number of amides is 1. The lowest BCUT2D eigenvalue weighted by Gasteiger charge is -2.21. The molecule has 1 saturated carbocycles. The molecule has 3 heteroatoms. The van der Waals surface area contributed by atoms with Crippen molar-refractivity contribution in [1.82, 2.24) is 10.6 Å². The molecule has 0 aromatic carbocycles. The van der Waals surface area contributed by atoms with Crippen LogP contribution in [0.2, 0.25) is 0 Å². The maximum atomic E-state index is 11.4. The van der Waals surface area contributed by atoms with Crippen LogP contribution in [0.15, 0.2) is 0 Å². The van der Waals surface area contributed by atoms with Gasteiger partial charge in [-0.1, -0.05) is 39.0 Å². The summed E-state index contributed by atoms with van der Waals surface area (Å²) in [5.41, 5.74) is 0. The second kappa shape index (κ2) is 8.57. The Morgan fingerprint density at radius 3 is 2.62 bits per heavy atom. The summed E-state index contributed by atoms with van der Waals surface area (Å²) in [5, 5.41) is 6.17. The van der Waals surface area contributed by atoms with Gasteiger partial charge in [0.15, 0.2) is 0 Å². The molecular weight excluding hydrogens is 200 g/mol. The van der Waals surface area contributed by atoms with E-state index in [-0.39, 0.29) is 5.91 Å². The number of hydrogen-bond donors (Lipinski definition) is 2. The van der Waals surface area contributed by atoms with Crippen molar-refractivity contribution in [3.8, 4) is 0 Å². The maximum absolute atomic E-state index is 11.4. The molecule has 0 spiro atoms. The van der Waals surface area contributed by atoms with Crippen molar-refractivity contribution in [1.29, 1.82) is 0 Å². The first-order valence-corrected chi connectivity index (χ1v) is 6.80. The molecule has 0 heterocycles. The van der Waals surface area contributed by atoms with Crippen LogP contribution in [-0.4, -0.2) is 25.5 Å². The first-order valence-electron chi connectivity index (χ1n) is 6.80. The molecule has 0 unspecified atom stereocenters. The Kier molecular flexibility index (Phi) is 7.23. The second-order valence-electron chi connectivity index (χ2n) is 4.75. The van der Waals surface area contributed by atoms with Crippen LogP contribution in [0.25, 0.3) is 0 Å². The molecule has 0 aromatic rings. The number of carbonyl (C=O) groups is 1. The van der Waals surface area contributed by atoms with Crippen molar-refractivity contribution in [2.75, 3.05) is 19.6 Å². The number of nitrogens with one attached hydrogen (secondary N) is 2. The Morgan fingerprint density at radius 2 is 1.94 bits per heavy atom. The van der Waals surface area contributed by atoms with Crippen LogP contribution < -0.4 is 10.6 Å². The van der Waals surface area contributed by atoms with E-state index >= 15 is 0 Å². The van der Waals surface area contributed by atoms with Crippen LogP contribution in [0.3, 0.4) is 0 Å². The summed E-state index contributed by atoms with van der Waals surface area (Å²) in [6.45, 7) is 4.66. The highest BCUT2D eigenvalue weighted by Gasteiger charge is 2.12. The normalized spacial score (nSPS) is 17.3. The fraction of sp³-hybridized carbons (Fsp3) is 0.923. The number of hydrogen-bond acceptors (Lipinski definition) is 2. The number of rotatable bonds is 7. The summed E-state index contributed by atoms with van der Waals surface area (Å²) in [4.78, 5) is 11.4. The van der Waals surface area contributed by atoms with Crippen molar-refractivity contribution < 1.29 is 4.79 Å². The van der Waals surface area contributed by atoms with Gasteiger partial charge in [0, 0.05) is 19.5 Å². The third-order valence-electron chi connectivity index (χ3n) is 3.38. The molecule has 0 aliphatic heterocycles. The minimum atomic E-state index is 0.191. The van der Waals surface area contributed by atoms with Gasteiger partial charge < -0.3 is 10.6 Å². The van der Waals surface area contributed by atoms with Gasteiger partial charge in [-0.15, -0.1) is 0 Å². The molecule has 1 aliphatic rings. The molecule has 94 valence electrons. The Morgan fingerprint density at radius 1 is 1.19 bits per heavy atom. The van der Waals surface area contributed by atoms with Gasteiger partial charge in [0.1, 0.15) is 0 Å². The van der Waals surface area contributed by atoms with E-state index < -0.39 is 0 Å². The van der Waals surface area contributed by atoms with E-state index in [1.165, 1.54) is 38.5 Å². The zero-order valence-electron chi connectivity index (χ0n) is 10.6. The van der Waals surface area contributed by atoms with Crippen LogP contribution in [-0.2, 0) is 4.79 Å². The minimum Gasteiger partial charge on any atom is -0.356 e. The highest BCUT2D eigenvalue weighted by Crippen LogP contribution is 2.25. The Hall–Kier alpha value is -0.570. The largest absolute Gasteiger partial charge is 0.356 e. The van der Waals surface area contributed by atoms with E-state index in [9.17, 15) is 4.79 Å². The summed E-state index contributed by atoms with van der Waals surface area (Å²) in [6, 6.07) is 0. The zero-order chi connectivity index (χ0) is 11.6. The molecule has 1 fully saturated rings. The van der Waals surface area contributed by atoms with Crippen LogP contribution in [0.4, 0.5) is 0 Å². The Bertz CT molecular complexity index is 188. The highest BCUT2D eigenvalue weighted by atomic mass is 16.1. The van der Waals surface area contributed by atoms with Crippen molar-refractivity contribution in [2.45, 2.75) is 51.9 Å². The van der Waals surface area contributed by atoms with Gasteiger partial charge >= 0.3 is 0 Å². The average molecular weight is 226 g/mol. The van der Waals surface area contributed by atoms with Crippen molar-refractivity contribution in [3.63, 3.8) is 0 Å². The van der Waals surface area contributed by atoms with Gasteiger partial charge in [0.05, 0.1) is 0 Å². The first kappa shape index (κ1) is 13.5. The second-order valence-corrected chi connectivity index (χ2v) is 4.75. The van der Waals surface area contributed by atoms with Crippen LogP contribution in [0, 0.1) is 5.92 Å². The SMILES string of the molecule is CCNCCC(=O)NCCC1CCCCC1. The molecule has 3 nitrogen and oxygen atoms in total. The molecule has 0 atom stereocenters. The third-order valence-corrected chi connectivity index (χ3v) is 3.38. The molecule has 0 saturated heterocycles. The lowest BCUT2D eigenvalue weighted by Crippen LogP contribution is -2.29. The van der Waals surface area contributed by atoms with E-state index in [2.05, 4.69) is 17.6 Å². The van der Waals surface area contributed by atoms with Crippen molar-refractivity contribution in [3.05, 3.63) is 0 Å². The molecule has 1 rings (SSSR count). The molecule has 1 aliphatic carbocycles. The van der Waals surface area contributed by atoms with Gasteiger partial charge in [-0.05, 0) is 18.9 Å². The standard InChI is InChI=1S/C13H26N2O/c1-2-14-10-9-13(16)15-11-8-12-6-4-3-5-7-12/h12,14H,2-11H2,1H3,(H,15,16). The quantitative estimate of drug-likeness (QED) is 0.653. The molecule has 0 radical (unpaired) electrons. The van der Waals surface area contributed by atoms with Gasteiger partial charge in [-0.3, -0.25) is 4.79 Å². The lowest BCUT2D eigenvalue weighted by atomic mass is 9.87. The van der Waals surface area contributed by atoms with E-state index in [1.807, 2.05) is 0 Å². The van der Waals surface area contributed by atoms with E-state index in [0.29, 0.717) is 6.42 Å². The van der Waals surface area contributed by atoms with Crippen molar-refractivity contribution >= 4 is 5.91 Å². The third kappa shape index (κ3) is 6.11. The van der Waals surface area contributed by atoms with Crippen molar-refractivity contribution in [2.24, 2.45) is 5.92 Å². The fourth-order valence-corrected chi connectivity index (χ4v) is 2.36. The lowest BCUT2D eigenvalue weighted by molar-refractivity contribution is -0.121. The van der Waals surface area contributed by atoms with Crippen LogP contribution >= 0.6 is 0 Å². The predicted molar refractivity (Wildman–Crippen MR) is 67.4 cm³/mol. The Labute approximate surface area is 99.4 Å². The summed E-state index contributed by atoms with van der Waals surface area (Å²) >= 11 is 0. The number of carbonyl (C=O) groups excluding carboxylic acids is 1. The summed E-state index contributed by atoms with van der Waals surface area (Å²) < 4.78 is 0. The monoisotopic (exact) mass is 226 g/mol. The topological polar surface area (TPSA) is 41.1 Å². The van der Waals surface area contributed by atoms with E-state index in [1.54, 1.807) is 0 Å². The van der Waals surface area contributed by atoms with E-state index in [0.717, 1.165) is 25.6 Å². The van der Waals surface area contributed by atoms with Gasteiger partial charge in [0.25, 0.3) is 0 Å². The molecule has 1 amide bonds. The smallest absolute Gasteiger partial charge is 0.221 e. The molecular formula is C13H26N2O. The molecule has 0 aromatic heterocycles. The van der Waals surface area contributed by atoms with Crippen LogP contribution in [0.5, 0.6) is 0 Å². The van der Waals surface area contributed by atoms with E-state index in [4.69, 9.17) is 0 Å². The summed E-state index contributed by atoms with van der Waals surface area (Å²) in [5.74, 6) is 1.06. The summed E-state index contributed by atoms with van der Waals surface area (Å²) in [7, 11) is 0. The van der Waals surface area contributed by atoms with Crippen LogP contribution in [0.1, 0.15) is 51.9 Å². The zero-order valence-corrected chi connectivity index (χ0v) is 10.6. The van der Waals surface area contributed by atoms with Gasteiger partial charge in [-0.2, -0.15) is 0 Å². The summed E-state index contributed by atoms with van der Waals surface area (Å²) in [6.07, 6.45) is 8.70. The maximum Gasteiger partial charge on any atom is 0.221 e. The predicted octanol–water partition coefficient (Wildman–Crippen LogP) is 2.07.